The van der Waals surface area contributed by atoms with Crippen molar-refractivity contribution >= 4 is 12.0 Å². The molecule has 2 atom stereocenters. The van der Waals surface area contributed by atoms with Crippen molar-refractivity contribution < 1.29 is 28.5 Å². The van der Waals surface area contributed by atoms with E-state index in [2.05, 4.69) is 12.1 Å². The van der Waals surface area contributed by atoms with Gasteiger partial charge in [-0.1, -0.05) is 54.6 Å². The molecule has 38 heavy (non-hydrogen) atoms. The van der Waals surface area contributed by atoms with Crippen molar-refractivity contribution in [2.45, 2.75) is 50.9 Å². The summed E-state index contributed by atoms with van der Waals surface area (Å²) in [4.78, 5) is 28.1. The van der Waals surface area contributed by atoms with E-state index in [1.807, 2.05) is 61.5 Å². The summed E-state index contributed by atoms with van der Waals surface area (Å²) < 4.78 is 23.0. The number of amides is 2. The lowest BCUT2D eigenvalue weighted by Crippen LogP contribution is -2.48. The third-order valence-corrected chi connectivity index (χ3v) is 7.39. The van der Waals surface area contributed by atoms with Gasteiger partial charge < -0.3 is 18.9 Å². The van der Waals surface area contributed by atoms with Crippen LogP contribution in [0, 0.1) is 6.92 Å². The SMILES string of the molecule is COc1cc(C[C@@H](OC2Cc3ccccc3C2)C(=O)N2C(=O)OC[C@H]2Cc2ccccc2)cc(OC)c1C. The van der Waals surface area contributed by atoms with Gasteiger partial charge in [0.05, 0.1) is 26.4 Å². The van der Waals surface area contributed by atoms with Crippen LogP contribution < -0.4 is 9.47 Å². The monoisotopic (exact) mass is 515 g/mol. The van der Waals surface area contributed by atoms with Gasteiger partial charge in [0.25, 0.3) is 5.91 Å². The maximum atomic E-state index is 14.0. The largest absolute Gasteiger partial charge is 0.496 e. The zero-order chi connectivity index (χ0) is 26.6. The molecule has 3 aromatic rings. The van der Waals surface area contributed by atoms with E-state index in [4.69, 9.17) is 18.9 Å². The maximum absolute atomic E-state index is 14.0. The Hall–Kier alpha value is -3.84. The first-order chi connectivity index (χ1) is 18.5. The van der Waals surface area contributed by atoms with Gasteiger partial charge in [-0.2, -0.15) is 0 Å². The predicted molar refractivity (Wildman–Crippen MR) is 143 cm³/mol. The smallest absolute Gasteiger partial charge is 0.417 e. The van der Waals surface area contributed by atoms with E-state index in [9.17, 15) is 9.59 Å². The summed E-state index contributed by atoms with van der Waals surface area (Å²) in [7, 11) is 3.21. The number of ether oxygens (including phenoxy) is 4. The van der Waals surface area contributed by atoms with Crippen molar-refractivity contribution in [2.75, 3.05) is 20.8 Å². The van der Waals surface area contributed by atoms with Crippen LogP contribution >= 0.6 is 0 Å². The second kappa shape index (κ2) is 11.3. The Balaban J connectivity index is 1.43. The Morgan fingerprint density at radius 2 is 1.55 bits per heavy atom. The molecule has 0 saturated carbocycles. The molecule has 3 aromatic carbocycles. The van der Waals surface area contributed by atoms with E-state index in [0.717, 1.165) is 29.5 Å². The van der Waals surface area contributed by atoms with Crippen molar-refractivity contribution in [2.24, 2.45) is 0 Å². The van der Waals surface area contributed by atoms with Crippen molar-refractivity contribution in [3.63, 3.8) is 0 Å². The first-order valence-electron chi connectivity index (χ1n) is 12.9. The molecule has 1 aliphatic heterocycles. The van der Waals surface area contributed by atoms with Crippen LogP contribution in [0.3, 0.4) is 0 Å². The second-order valence-corrected chi connectivity index (χ2v) is 9.88. The molecule has 0 bridgehead atoms. The second-order valence-electron chi connectivity index (χ2n) is 9.88. The van der Waals surface area contributed by atoms with Gasteiger partial charge in [-0.25, -0.2) is 9.69 Å². The minimum absolute atomic E-state index is 0.160. The summed E-state index contributed by atoms with van der Waals surface area (Å²) in [5, 5.41) is 0. The molecule has 0 N–H and O–H groups in total. The van der Waals surface area contributed by atoms with Gasteiger partial charge in [-0.15, -0.1) is 0 Å². The predicted octanol–water partition coefficient (Wildman–Crippen LogP) is 4.70. The molecule has 1 fully saturated rings. The minimum Gasteiger partial charge on any atom is -0.496 e. The number of hydrogen-bond acceptors (Lipinski definition) is 6. The highest BCUT2D eigenvalue weighted by molar-refractivity contribution is 5.96. The number of methoxy groups -OCH3 is 2. The molecular formula is C31H33NO6. The molecule has 0 radical (unpaired) electrons. The lowest BCUT2D eigenvalue weighted by molar-refractivity contribution is -0.145. The molecule has 1 saturated heterocycles. The van der Waals surface area contributed by atoms with E-state index in [1.54, 1.807) is 14.2 Å². The number of carbonyl (C=O) groups excluding carboxylic acids is 2. The molecule has 2 amide bonds. The Kier molecular flexibility index (Phi) is 7.65. The number of benzene rings is 3. The molecule has 2 aliphatic rings. The number of imide groups is 1. The molecule has 0 aromatic heterocycles. The highest BCUT2D eigenvalue weighted by Gasteiger charge is 2.42. The van der Waals surface area contributed by atoms with Crippen molar-refractivity contribution in [3.05, 3.63) is 94.5 Å². The summed E-state index contributed by atoms with van der Waals surface area (Å²) in [5.41, 5.74) is 5.19. The van der Waals surface area contributed by atoms with Crippen LogP contribution in [0.25, 0.3) is 0 Å². The van der Waals surface area contributed by atoms with Crippen molar-refractivity contribution in [3.8, 4) is 11.5 Å². The molecule has 0 unspecified atom stereocenters. The van der Waals surface area contributed by atoms with Crippen LogP contribution in [0.15, 0.2) is 66.7 Å². The van der Waals surface area contributed by atoms with Gasteiger partial charge in [0.15, 0.2) is 0 Å². The molecule has 1 aliphatic carbocycles. The molecular weight excluding hydrogens is 482 g/mol. The van der Waals surface area contributed by atoms with E-state index in [-0.39, 0.29) is 25.0 Å². The highest BCUT2D eigenvalue weighted by Crippen LogP contribution is 2.32. The van der Waals surface area contributed by atoms with E-state index < -0.39 is 18.2 Å². The van der Waals surface area contributed by atoms with Crippen molar-refractivity contribution in [1.29, 1.82) is 0 Å². The van der Waals surface area contributed by atoms with Gasteiger partial charge >= 0.3 is 6.09 Å². The Labute approximate surface area is 223 Å². The number of fused-ring (bicyclic) bond motifs is 1. The standard InChI is InChI=1S/C31H33NO6/c1-20-27(35-2)14-22(15-28(20)36-3)16-29(38-26-17-23-11-7-8-12-24(23)18-26)30(33)32-25(19-37-31(32)34)13-21-9-5-4-6-10-21/h4-12,14-15,25-26,29H,13,16-19H2,1-3H3/t25-,29-/m1/s1. The average molecular weight is 516 g/mol. The fourth-order valence-electron chi connectivity index (χ4n) is 5.44. The average Bonchev–Trinajstić information content (AvgIpc) is 3.51. The van der Waals surface area contributed by atoms with Gasteiger partial charge in [-0.3, -0.25) is 4.79 Å². The maximum Gasteiger partial charge on any atom is 0.417 e. The molecule has 7 nitrogen and oxygen atoms in total. The Bertz CT molecular complexity index is 1260. The van der Waals surface area contributed by atoms with Crippen LogP contribution in [-0.4, -0.2) is 56.0 Å². The number of carbonyl (C=O) groups is 2. The van der Waals surface area contributed by atoms with E-state index in [1.165, 1.54) is 16.0 Å². The van der Waals surface area contributed by atoms with Gasteiger partial charge in [0, 0.05) is 12.0 Å². The zero-order valence-electron chi connectivity index (χ0n) is 22.0. The number of hydrogen-bond donors (Lipinski definition) is 0. The molecule has 5 rings (SSSR count). The quantitative estimate of drug-likeness (QED) is 0.411. The number of rotatable bonds is 9. The molecule has 1 heterocycles. The lowest BCUT2D eigenvalue weighted by Gasteiger charge is -2.27. The van der Waals surface area contributed by atoms with Crippen LogP contribution in [0.5, 0.6) is 11.5 Å². The van der Waals surface area contributed by atoms with Crippen LogP contribution in [0.2, 0.25) is 0 Å². The van der Waals surface area contributed by atoms with Crippen molar-refractivity contribution in [1.82, 2.24) is 4.90 Å². The van der Waals surface area contributed by atoms with Gasteiger partial charge in [0.1, 0.15) is 24.2 Å². The summed E-state index contributed by atoms with van der Waals surface area (Å²) >= 11 is 0. The number of nitrogens with zero attached hydrogens (tertiary/aromatic N) is 1. The normalized spacial score (nSPS) is 17.7. The Morgan fingerprint density at radius 1 is 0.947 bits per heavy atom. The van der Waals surface area contributed by atoms with Crippen LogP contribution in [0.1, 0.15) is 27.8 Å². The first-order valence-corrected chi connectivity index (χ1v) is 12.9. The summed E-state index contributed by atoms with van der Waals surface area (Å²) in [6.07, 6.45) is 0.555. The highest BCUT2D eigenvalue weighted by atomic mass is 16.6. The third-order valence-electron chi connectivity index (χ3n) is 7.39. The Morgan fingerprint density at radius 3 is 2.16 bits per heavy atom. The fourth-order valence-corrected chi connectivity index (χ4v) is 5.44. The summed E-state index contributed by atoms with van der Waals surface area (Å²) in [6.45, 7) is 2.08. The summed E-state index contributed by atoms with van der Waals surface area (Å²) in [5.74, 6) is 0.950. The molecule has 198 valence electrons. The van der Waals surface area contributed by atoms with E-state index in [0.29, 0.717) is 17.9 Å². The first kappa shape index (κ1) is 25.8. The van der Waals surface area contributed by atoms with Crippen LogP contribution in [-0.2, 0) is 40.0 Å². The molecule has 0 spiro atoms. The van der Waals surface area contributed by atoms with Gasteiger partial charge in [0.2, 0.25) is 0 Å². The number of cyclic esters (lactones) is 1. The summed E-state index contributed by atoms with van der Waals surface area (Å²) in [6, 6.07) is 21.4. The minimum atomic E-state index is -0.879. The van der Waals surface area contributed by atoms with E-state index >= 15 is 0 Å². The molecule has 7 heteroatoms. The zero-order valence-corrected chi connectivity index (χ0v) is 22.0. The fraction of sp³-hybridized carbons (Fsp3) is 0.355. The van der Waals surface area contributed by atoms with Crippen LogP contribution in [0.4, 0.5) is 4.79 Å². The topological polar surface area (TPSA) is 74.3 Å². The lowest BCUT2D eigenvalue weighted by atomic mass is 10.0. The third kappa shape index (κ3) is 5.38. The van der Waals surface area contributed by atoms with Gasteiger partial charge in [-0.05, 0) is 60.6 Å².